The minimum Gasteiger partial charge on any atom is -0.508 e. The predicted octanol–water partition coefficient (Wildman–Crippen LogP) is 8.12. The smallest absolute Gasteiger partial charge is 0.224 e. The van der Waals surface area contributed by atoms with Crippen molar-refractivity contribution in [2.24, 2.45) is 23.2 Å². The zero-order valence-electron chi connectivity index (χ0n) is 23.9. The second kappa shape index (κ2) is 10.9. The molecule has 3 heteroatoms. The standard InChI is InChI=1S/C35H47NO2/c1-24(10-8-9-20-34(2,3)36-33(38)22-25-11-6-5-7-12-25)31-17-18-32-30-15-13-26-23-27(37)14-16-28(26)29(30)19-21-35(31,32)4/h5-7,11-12,14,16-17,23-24,29-30,32,37H,8-10,13,15,18-22H2,1-4H3,(H,36,38)/t24-,29-,30-,32+,35-/m1/s1. The summed E-state index contributed by atoms with van der Waals surface area (Å²) >= 11 is 0. The Morgan fingerprint density at radius 2 is 1.92 bits per heavy atom. The molecule has 0 aliphatic heterocycles. The monoisotopic (exact) mass is 513 g/mol. The van der Waals surface area contributed by atoms with E-state index in [1.165, 1.54) is 49.7 Å². The third-order valence-corrected chi connectivity index (χ3v) is 10.3. The van der Waals surface area contributed by atoms with E-state index in [4.69, 9.17) is 0 Å². The molecular formula is C35H47NO2. The molecule has 0 radical (unpaired) electrons. The van der Waals surface area contributed by atoms with Gasteiger partial charge in [0.25, 0.3) is 0 Å². The van der Waals surface area contributed by atoms with Crippen LogP contribution >= 0.6 is 0 Å². The number of allylic oxidation sites excluding steroid dienone is 2. The molecule has 1 amide bonds. The highest BCUT2D eigenvalue weighted by molar-refractivity contribution is 5.79. The Morgan fingerprint density at radius 1 is 1.13 bits per heavy atom. The molecule has 3 nitrogen and oxygen atoms in total. The van der Waals surface area contributed by atoms with Gasteiger partial charge in [0.2, 0.25) is 5.91 Å². The quantitative estimate of drug-likeness (QED) is 0.263. The second-order valence-corrected chi connectivity index (χ2v) is 13.4. The van der Waals surface area contributed by atoms with Gasteiger partial charge in [0.15, 0.2) is 0 Å². The average molecular weight is 514 g/mol. The number of rotatable bonds is 9. The van der Waals surface area contributed by atoms with Crippen LogP contribution in [0.2, 0.25) is 0 Å². The maximum Gasteiger partial charge on any atom is 0.224 e. The molecule has 3 aliphatic carbocycles. The Hall–Kier alpha value is -2.55. The average Bonchev–Trinajstić information content (AvgIpc) is 3.23. The Morgan fingerprint density at radius 3 is 2.71 bits per heavy atom. The van der Waals surface area contributed by atoms with E-state index in [-0.39, 0.29) is 11.4 Å². The normalized spacial score (nSPS) is 27.1. The predicted molar refractivity (Wildman–Crippen MR) is 156 cm³/mol. The van der Waals surface area contributed by atoms with Crippen molar-refractivity contribution in [3.8, 4) is 5.75 Å². The van der Waals surface area contributed by atoms with Crippen LogP contribution in [0.5, 0.6) is 5.75 Å². The van der Waals surface area contributed by atoms with Crippen LogP contribution in [0.1, 0.15) is 102 Å². The lowest BCUT2D eigenvalue weighted by molar-refractivity contribution is -0.122. The van der Waals surface area contributed by atoms with E-state index < -0.39 is 0 Å². The molecule has 5 atom stereocenters. The van der Waals surface area contributed by atoms with Crippen LogP contribution in [-0.4, -0.2) is 16.6 Å². The van der Waals surface area contributed by atoms with Crippen LogP contribution in [0, 0.1) is 23.2 Å². The number of aromatic hydroxyl groups is 1. The van der Waals surface area contributed by atoms with Crippen molar-refractivity contribution >= 4 is 5.91 Å². The van der Waals surface area contributed by atoms with Gasteiger partial charge in [-0.05, 0) is 117 Å². The summed E-state index contributed by atoms with van der Waals surface area (Å²) in [5.74, 6) is 3.36. The number of hydrogen-bond donors (Lipinski definition) is 2. The van der Waals surface area contributed by atoms with E-state index in [0.717, 1.165) is 36.7 Å². The Bertz CT molecular complexity index is 1170. The fourth-order valence-corrected chi connectivity index (χ4v) is 8.37. The minimum atomic E-state index is -0.175. The number of phenolic OH excluding ortho intramolecular Hbond substituents is 1. The largest absolute Gasteiger partial charge is 0.508 e. The summed E-state index contributed by atoms with van der Waals surface area (Å²) in [7, 11) is 0. The SMILES string of the molecule is C[C@H](CCCCC(C)(C)NC(=O)Cc1ccccc1)C1=CC[C@H]2[C@@H]3CCc4cc(O)ccc4[C@H]3CC[C@]12C. The first-order chi connectivity index (χ1) is 18.2. The lowest BCUT2D eigenvalue weighted by Gasteiger charge is -2.51. The van der Waals surface area contributed by atoms with Crippen molar-refractivity contribution in [2.45, 2.75) is 103 Å². The van der Waals surface area contributed by atoms with Crippen molar-refractivity contribution < 1.29 is 9.90 Å². The van der Waals surface area contributed by atoms with Gasteiger partial charge in [0, 0.05) is 5.54 Å². The molecule has 0 bridgehead atoms. The van der Waals surface area contributed by atoms with Gasteiger partial charge < -0.3 is 10.4 Å². The molecular weight excluding hydrogens is 466 g/mol. The van der Waals surface area contributed by atoms with E-state index in [2.05, 4.69) is 45.2 Å². The molecule has 0 unspecified atom stereocenters. The molecule has 2 aromatic rings. The molecule has 38 heavy (non-hydrogen) atoms. The van der Waals surface area contributed by atoms with Crippen LogP contribution < -0.4 is 5.32 Å². The number of carbonyl (C=O) groups is 1. The fraction of sp³-hybridized carbons (Fsp3) is 0.571. The Kier molecular flexibility index (Phi) is 7.76. The number of phenols is 1. The minimum absolute atomic E-state index is 0.113. The van der Waals surface area contributed by atoms with Crippen LogP contribution in [0.15, 0.2) is 60.2 Å². The van der Waals surface area contributed by atoms with Crippen LogP contribution in [0.3, 0.4) is 0 Å². The van der Waals surface area contributed by atoms with Crippen LogP contribution in [0.4, 0.5) is 0 Å². The van der Waals surface area contributed by atoms with Crippen molar-refractivity contribution in [1.82, 2.24) is 5.32 Å². The number of amides is 1. The molecule has 0 saturated heterocycles. The number of carbonyl (C=O) groups excluding carboxylic acids is 1. The van der Waals surface area contributed by atoms with Crippen LogP contribution in [-0.2, 0) is 17.6 Å². The van der Waals surface area contributed by atoms with Crippen molar-refractivity contribution in [3.63, 3.8) is 0 Å². The molecule has 0 aromatic heterocycles. The molecule has 5 rings (SSSR count). The summed E-state index contributed by atoms with van der Waals surface area (Å²) in [6, 6.07) is 16.1. The highest BCUT2D eigenvalue weighted by atomic mass is 16.3. The number of unbranched alkanes of at least 4 members (excludes halogenated alkanes) is 1. The Balaban J connectivity index is 1.11. The molecule has 204 valence electrons. The molecule has 1 saturated carbocycles. The van der Waals surface area contributed by atoms with Crippen molar-refractivity contribution in [1.29, 1.82) is 0 Å². The molecule has 2 aromatic carbocycles. The highest BCUT2D eigenvalue weighted by Crippen LogP contribution is 2.62. The van der Waals surface area contributed by atoms with Gasteiger partial charge in [-0.1, -0.05) is 74.7 Å². The second-order valence-electron chi connectivity index (χ2n) is 13.4. The van der Waals surface area contributed by atoms with E-state index >= 15 is 0 Å². The number of fused-ring (bicyclic) bond motifs is 5. The lowest BCUT2D eigenvalue weighted by Crippen LogP contribution is -2.44. The lowest BCUT2D eigenvalue weighted by atomic mass is 9.53. The molecule has 0 heterocycles. The van der Waals surface area contributed by atoms with E-state index in [1.807, 2.05) is 42.5 Å². The first-order valence-corrected chi connectivity index (χ1v) is 15.0. The maximum atomic E-state index is 12.6. The molecule has 3 aliphatic rings. The summed E-state index contributed by atoms with van der Waals surface area (Å²) in [4.78, 5) is 12.6. The number of hydrogen-bond acceptors (Lipinski definition) is 2. The van der Waals surface area contributed by atoms with Gasteiger partial charge in [-0.3, -0.25) is 4.79 Å². The summed E-state index contributed by atoms with van der Waals surface area (Å²) in [6.07, 6.45) is 13.9. The molecule has 1 fully saturated rings. The van der Waals surface area contributed by atoms with Gasteiger partial charge in [0.1, 0.15) is 5.75 Å². The van der Waals surface area contributed by atoms with Gasteiger partial charge in [0.05, 0.1) is 6.42 Å². The van der Waals surface area contributed by atoms with E-state index in [0.29, 0.717) is 29.4 Å². The Labute approximate surface area is 230 Å². The maximum absolute atomic E-state index is 12.6. The number of nitrogens with one attached hydrogen (secondary N) is 1. The van der Waals surface area contributed by atoms with E-state index in [9.17, 15) is 9.90 Å². The fourth-order valence-electron chi connectivity index (χ4n) is 8.37. The molecule has 2 N–H and O–H groups in total. The zero-order chi connectivity index (χ0) is 26.9. The highest BCUT2D eigenvalue weighted by Gasteiger charge is 2.52. The van der Waals surface area contributed by atoms with Gasteiger partial charge >= 0.3 is 0 Å². The third kappa shape index (κ3) is 5.58. The first-order valence-electron chi connectivity index (χ1n) is 15.0. The van der Waals surface area contributed by atoms with Gasteiger partial charge in [-0.2, -0.15) is 0 Å². The number of benzene rings is 2. The van der Waals surface area contributed by atoms with Gasteiger partial charge in [-0.25, -0.2) is 0 Å². The first kappa shape index (κ1) is 27.0. The van der Waals surface area contributed by atoms with Crippen molar-refractivity contribution in [2.75, 3.05) is 0 Å². The van der Waals surface area contributed by atoms with Crippen molar-refractivity contribution in [3.05, 3.63) is 76.9 Å². The number of aryl methyl sites for hydroxylation is 1. The summed E-state index contributed by atoms with van der Waals surface area (Å²) in [5.41, 5.74) is 5.87. The van der Waals surface area contributed by atoms with E-state index in [1.54, 1.807) is 5.57 Å². The topological polar surface area (TPSA) is 49.3 Å². The summed E-state index contributed by atoms with van der Waals surface area (Å²) in [6.45, 7) is 9.34. The molecule has 0 spiro atoms. The van der Waals surface area contributed by atoms with Gasteiger partial charge in [-0.15, -0.1) is 0 Å². The summed E-state index contributed by atoms with van der Waals surface area (Å²) < 4.78 is 0. The zero-order valence-corrected chi connectivity index (χ0v) is 23.9. The third-order valence-electron chi connectivity index (χ3n) is 10.3. The summed E-state index contributed by atoms with van der Waals surface area (Å²) in [5, 5.41) is 13.2. The van der Waals surface area contributed by atoms with Crippen LogP contribution in [0.25, 0.3) is 0 Å².